The molecule has 1 atom stereocenters. The molecule has 0 saturated carbocycles. The van der Waals surface area contributed by atoms with E-state index in [1.54, 1.807) is 18.4 Å². The van der Waals surface area contributed by atoms with Crippen molar-refractivity contribution < 1.29 is 4.74 Å². The van der Waals surface area contributed by atoms with Crippen molar-refractivity contribution in [3.05, 3.63) is 22.4 Å². The van der Waals surface area contributed by atoms with Gasteiger partial charge in [0.1, 0.15) is 0 Å². The molecule has 0 aliphatic carbocycles. The first kappa shape index (κ1) is 20.7. The summed E-state index contributed by atoms with van der Waals surface area (Å²) in [5.74, 6) is 1.53. The summed E-state index contributed by atoms with van der Waals surface area (Å²) in [6, 6.07) is 2.12. The van der Waals surface area contributed by atoms with Gasteiger partial charge in [0.05, 0.1) is 12.7 Å². The largest absolute Gasteiger partial charge is 0.374 e. The van der Waals surface area contributed by atoms with Gasteiger partial charge in [-0.3, -0.25) is 9.89 Å². The number of nitrogens with one attached hydrogen (secondary N) is 2. The number of ether oxygens (including phenoxy) is 1. The van der Waals surface area contributed by atoms with Crippen molar-refractivity contribution in [2.75, 3.05) is 39.8 Å². The van der Waals surface area contributed by atoms with Crippen LogP contribution in [-0.2, 0) is 11.3 Å². The minimum Gasteiger partial charge on any atom is -0.374 e. The lowest BCUT2D eigenvalue weighted by Gasteiger charge is -2.34. The number of hydrogen-bond acceptors (Lipinski definition) is 4. The fourth-order valence-electron chi connectivity index (χ4n) is 2.60. The molecule has 1 fully saturated rings. The Balaban J connectivity index is 0.00000264. The first-order chi connectivity index (χ1) is 10.7. The molecule has 2 rings (SSSR count). The summed E-state index contributed by atoms with van der Waals surface area (Å²) in [7, 11) is 1.80. The number of rotatable bonds is 6. The molecule has 2 heterocycles. The average Bonchev–Trinajstić information content (AvgIpc) is 3.00. The van der Waals surface area contributed by atoms with Crippen molar-refractivity contribution >= 4 is 41.3 Å². The van der Waals surface area contributed by atoms with E-state index in [2.05, 4.69) is 51.2 Å². The lowest BCUT2D eigenvalue weighted by atomic mass is 10.2. The van der Waals surface area contributed by atoms with Gasteiger partial charge in [0.2, 0.25) is 0 Å². The fraction of sp³-hybridized carbons (Fsp3) is 0.688. The Hall–Kier alpha value is -0.380. The second-order valence-corrected chi connectivity index (χ2v) is 6.86. The van der Waals surface area contributed by atoms with Crippen molar-refractivity contribution in [2.45, 2.75) is 26.5 Å². The van der Waals surface area contributed by atoms with Crippen LogP contribution in [0.15, 0.2) is 21.8 Å². The summed E-state index contributed by atoms with van der Waals surface area (Å²) in [5.41, 5.74) is 1.28. The van der Waals surface area contributed by atoms with Crippen LogP contribution in [0.25, 0.3) is 0 Å². The molecule has 0 radical (unpaired) electrons. The topological polar surface area (TPSA) is 48.9 Å². The number of morpholine rings is 1. The molecule has 1 unspecified atom stereocenters. The summed E-state index contributed by atoms with van der Waals surface area (Å²) >= 11 is 1.71. The average molecular weight is 452 g/mol. The molecule has 1 aliphatic heterocycles. The van der Waals surface area contributed by atoms with E-state index < -0.39 is 0 Å². The number of thiophene rings is 1. The molecular formula is C16H29IN4OS. The van der Waals surface area contributed by atoms with Gasteiger partial charge in [0.15, 0.2) is 5.96 Å². The van der Waals surface area contributed by atoms with E-state index in [4.69, 9.17) is 4.74 Å². The van der Waals surface area contributed by atoms with Gasteiger partial charge in [-0.05, 0) is 28.3 Å². The summed E-state index contributed by atoms with van der Waals surface area (Å²) in [4.78, 5) is 6.76. The van der Waals surface area contributed by atoms with E-state index in [0.717, 1.165) is 45.3 Å². The van der Waals surface area contributed by atoms with E-state index >= 15 is 0 Å². The summed E-state index contributed by atoms with van der Waals surface area (Å²) < 4.78 is 5.85. The normalized spacial score (nSPS) is 19.5. The van der Waals surface area contributed by atoms with Crippen LogP contribution < -0.4 is 10.6 Å². The highest BCUT2D eigenvalue weighted by Gasteiger charge is 2.20. The SMILES string of the molecule is CN=C(NCc1ccsc1)NCC1CN(CC(C)C)CCO1.I. The zero-order valence-corrected chi connectivity index (χ0v) is 17.4. The van der Waals surface area contributed by atoms with Crippen molar-refractivity contribution in [3.8, 4) is 0 Å². The van der Waals surface area contributed by atoms with Gasteiger partial charge in [0, 0.05) is 39.8 Å². The third-order valence-electron chi connectivity index (χ3n) is 3.61. The standard InChI is InChI=1S/C16H28N4OS.HI/c1-13(2)10-20-5-6-21-15(11-20)9-19-16(17-3)18-8-14-4-7-22-12-14;/h4,7,12-13,15H,5-6,8-11H2,1-3H3,(H2,17,18,19);1H. The van der Waals surface area contributed by atoms with Crippen LogP contribution in [-0.4, -0.2) is 56.8 Å². The van der Waals surface area contributed by atoms with Gasteiger partial charge in [-0.1, -0.05) is 13.8 Å². The van der Waals surface area contributed by atoms with Crippen LogP contribution >= 0.6 is 35.3 Å². The lowest BCUT2D eigenvalue weighted by molar-refractivity contribution is -0.0284. The van der Waals surface area contributed by atoms with Gasteiger partial charge in [-0.25, -0.2) is 0 Å². The highest BCUT2D eigenvalue weighted by molar-refractivity contribution is 14.0. The van der Waals surface area contributed by atoms with Crippen LogP contribution in [0.5, 0.6) is 0 Å². The number of nitrogens with zero attached hydrogens (tertiary/aromatic N) is 2. The maximum atomic E-state index is 5.85. The van der Waals surface area contributed by atoms with Crippen molar-refractivity contribution in [3.63, 3.8) is 0 Å². The molecule has 1 aliphatic rings. The Kier molecular flexibility index (Phi) is 10.1. The lowest BCUT2D eigenvalue weighted by Crippen LogP contribution is -2.50. The van der Waals surface area contributed by atoms with Crippen LogP contribution in [0.3, 0.4) is 0 Å². The van der Waals surface area contributed by atoms with Crippen LogP contribution in [0, 0.1) is 5.92 Å². The van der Waals surface area contributed by atoms with Crippen molar-refractivity contribution in [1.29, 1.82) is 0 Å². The number of guanidine groups is 1. The predicted octanol–water partition coefficient (Wildman–Crippen LogP) is 2.39. The second-order valence-electron chi connectivity index (χ2n) is 6.08. The quantitative estimate of drug-likeness (QED) is 0.396. The van der Waals surface area contributed by atoms with Gasteiger partial charge < -0.3 is 15.4 Å². The predicted molar refractivity (Wildman–Crippen MR) is 109 cm³/mol. The molecule has 0 spiro atoms. The molecule has 7 heteroatoms. The molecule has 1 aromatic heterocycles. The van der Waals surface area contributed by atoms with Crippen LogP contribution in [0.1, 0.15) is 19.4 Å². The maximum absolute atomic E-state index is 5.85. The molecule has 1 saturated heterocycles. The maximum Gasteiger partial charge on any atom is 0.191 e. The molecule has 1 aromatic rings. The highest BCUT2D eigenvalue weighted by Crippen LogP contribution is 2.07. The molecule has 0 amide bonds. The molecule has 0 bridgehead atoms. The van der Waals surface area contributed by atoms with E-state index in [1.807, 2.05) is 0 Å². The summed E-state index contributed by atoms with van der Waals surface area (Å²) in [6.45, 7) is 10.1. The Labute approximate surface area is 160 Å². The number of halogens is 1. The monoisotopic (exact) mass is 452 g/mol. The van der Waals surface area contributed by atoms with Gasteiger partial charge in [-0.2, -0.15) is 11.3 Å². The highest BCUT2D eigenvalue weighted by atomic mass is 127. The fourth-order valence-corrected chi connectivity index (χ4v) is 3.26. The van der Waals surface area contributed by atoms with E-state index in [1.165, 1.54) is 5.56 Å². The minimum atomic E-state index is 0. The Morgan fingerprint density at radius 1 is 1.48 bits per heavy atom. The Morgan fingerprint density at radius 2 is 2.30 bits per heavy atom. The molecule has 23 heavy (non-hydrogen) atoms. The third-order valence-corrected chi connectivity index (χ3v) is 4.34. The third kappa shape index (κ3) is 7.82. The van der Waals surface area contributed by atoms with Crippen LogP contribution in [0.2, 0.25) is 0 Å². The molecule has 132 valence electrons. The van der Waals surface area contributed by atoms with Gasteiger partial charge in [0.25, 0.3) is 0 Å². The zero-order chi connectivity index (χ0) is 15.8. The van der Waals surface area contributed by atoms with Gasteiger partial charge in [-0.15, -0.1) is 24.0 Å². The van der Waals surface area contributed by atoms with Crippen molar-refractivity contribution in [2.24, 2.45) is 10.9 Å². The number of hydrogen-bond donors (Lipinski definition) is 2. The molecular weight excluding hydrogens is 423 g/mol. The van der Waals surface area contributed by atoms with Crippen molar-refractivity contribution in [1.82, 2.24) is 15.5 Å². The summed E-state index contributed by atoms with van der Waals surface area (Å²) in [5, 5.41) is 10.9. The number of aliphatic imine (C=N–C) groups is 1. The first-order valence-electron chi connectivity index (χ1n) is 7.97. The van der Waals surface area contributed by atoms with Gasteiger partial charge >= 0.3 is 0 Å². The Bertz CT molecular complexity index is 453. The van der Waals surface area contributed by atoms with Crippen LogP contribution in [0.4, 0.5) is 0 Å². The molecule has 0 aromatic carbocycles. The van der Waals surface area contributed by atoms with E-state index in [0.29, 0.717) is 5.92 Å². The van der Waals surface area contributed by atoms with E-state index in [-0.39, 0.29) is 30.1 Å². The minimum absolute atomic E-state index is 0. The first-order valence-corrected chi connectivity index (χ1v) is 8.91. The molecule has 2 N–H and O–H groups in total. The smallest absolute Gasteiger partial charge is 0.191 e. The Morgan fingerprint density at radius 3 is 2.96 bits per heavy atom. The summed E-state index contributed by atoms with van der Waals surface area (Å²) in [6.07, 6.45) is 0.229. The second kappa shape index (κ2) is 11.2. The van der Waals surface area contributed by atoms with E-state index in [9.17, 15) is 0 Å². The zero-order valence-electron chi connectivity index (χ0n) is 14.2. The molecule has 5 nitrogen and oxygen atoms in total.